The summed E-state index contributed by atoms with van der Waals surface area (Å²) in [7, 11) is -18.1. The molecule has 12 nitrogen and oxygen atoms in total. The van der Waals surface area contributed by atoms with Gasteiger partial charge in [-0.3, -0.25) is 9.11 Å². The second-order valence-electron chi connectivity index (χ2n) is 3.45. The van der Waals surface area contributed by atoms with E-state index in [4.69, 9.17) is 9.11 Å². The molecule has 0 unspecified atom stereocenters. The van der Waals surface area contributed by atoms with Gasteiger partial charge in [-0.1, -0.05) is 0 Å². The Bertz CT molecular complexity index is 672. The molecule has 0 fully saturated rings. The minimum atomic E-state index is -4.55. The van der Waals surface area contributed by atoms with E-state index in [9.17, 15) is 33.7 Å². The molecule has 0 rings (SSSR count). The largest absolute Gasteiger partial charge is 0.286 e. The van der Waals surface area contributed by atoms with Gasteiger partial charge in [0, 0.05) is 0 Å². The maximum absolute atomic E-state index is 11.1. The Kier molecular flexibility index (Phi) is 7.14. The molecule has 0 spiro atoms. The fourth-order valence-corrected chi connectivity index (χ4v) is 4.70. The summed E-state index contributed by atoms with van der Waals surface area (Å²) in [5, 5.41) is 0. The van der Waals surface area contributed by atoms with Crippen molar-refractivity contribution in [2.75, 3.05) is 29.8 Å². The van der Waals surface area contributed by atoms with Crippen LogP contribution in [0.25, 0.3) is 0 Å². The van der Waals surface area contributed by atoms with Crippen LogP contribution in [0, 0.1) is 0 Å². The summed E-state index contributed by atoms with van der Waals surface area (Å²) in [6.45, 7) is -1.35. The number of hydrogen-bond acceptors (Lipinski definition) is 10. The van der Waals surface area contributed by atoms with Crippen LogP contribution in [0.2, 0.25) is 0 Å². The van der Waals surface area contributed by atoms with Crippen LogP contribution in [0.3, 0.4) is 0 Å². The average molecular weight is 392 g/mol. The highest BCUT2D eigenvalue weighted by Crippen LogP contribution is 2.01. The highest BCUT2D eigenvalue weighted by atomic mass is 32.2. The second kappa shape index (κ2) is 7.27. The lowest BCUT2D eigenvalue weighted by Gasteiger charge is -2.06. The van der Waals surface area contributed by atoms with Crippen LogP contribution in [0.4, 0.5) is 0 Å². The lowest BCUT2D eigenvalue weighted by atomic mass is 11.0. The van der Waals surface area contributed by atoms with Gasteiger partial charge in [-0.25, -0.2) is 8.37 Å². The predicted octanol–water partition coefficient (Wildman–Crippen LogP) is -2.59. The molecule has 128 valence electrons. The zero-order valence-corrected chi connectivity index (χ0v) is 13.4. The highest BCUT2D eigenvalue weighted by molar-refractivity contribution is 7.90. The number of rotatable bonds is 10. The van der Waals surface area contributed by atoms with Crippen molar-refractivity contribution in [3.8, 4) is 0 Å². The van der Waals surface area contributed by atoms with Gasteiger partial charge < -0.3 is 0 Å². The third-order valence-electron chi connectivity index (χ3n) is 1.64. The third-order valence-corrected chi connectivity index (χ3v) is 5.91. The van der Waals surface area contributed by atoms with E-state index in [1.165, 1.54) is 0 Å². The second-order valence-corrected chi connectivity index (χ2v) is 10.1. The van der Waals surface area contributed by atoms with Crippen molar-refractivity contribution in [2.45, 2.75) is 0 Å². The molecular weight excluding hydrogens is 380 g/mol. The first-order valence-electron chi connectivity index (χ1n) is 4.76. The number of hydrogen-bond donors (Lipinski definition) is 2. The molecule has 0 aromatic rings. The Morgan fingerprint density at radius 1 is 0.571 bits per heavy atom. The third kappa shape index (κ3) is 13.1. The van der Waals surface area contributed by atoms with E-state index < -0.39 is 70.3 Å². The quantitative estimate of drug-likeness (QED) is 0.224. The molecule has 0 atom stereocenters. The standard InChI is InChI=1S/C5H12O12S4/c6-18(7,8)1-3-20(12,13)16-5-17-21(14,15)4-2-19(9,10)11/h1-5H2,(H,6,7,8)(H,9,10,11). The van der Waals surface area contributed by atoms with Gasteiger partial charge in [-0.05, 0) is 0 Å². The van der Waals surface area contributed by atoms with Gasteiger partial charge in [0.15, 0.2) is 6.79 Å². The first kappa shape index (κ1) is 20.6. The van der Waals surface area contributed by atoms with Crippen LogP contribution in [0.5, 0.6) is 0 Å². The molecule has 0 saturated carbocycles. The van der Waals surface area contributed by atoms with Gasteiger partial charge in [-0.2, -0.15) is 33.7 Å². The van der Waals surface area contributed by atoms with Crippen LogP contribution >= 0.6 is 0 Å². The molecule has 0 aromatic carbocycles. The van der Waals surface area contributed by atoms with Gasteiger partial charge in [-0.15, -0.1) is 0 Å². The van der Waals surface area contributed by atoms with Crippen molar-refractivity contribution >= 4 is 40.5 Å². The predicted molar refractivity (Wildman–Crippen MR) is 67.4 cm³/mol. The minimum Gasteiger partial charge on any atom is -0.286 e. The Morgan fingerprint density at radius 3 is 1.10 bits per heavy atom. The lowest BCUT2D eigenvalue weighted by Crippen LogP contribution is -2.23. The summed E-state index contributed by atoms with van der Waals surface area (Å²) < 4.78 is 110. The fourth-order valence-electron chi connectivity index (χ4n) is 0.699. The van der Waals surface area contributed by atoms with E-state index in [0.29, 0.717) is 0 Å². The Hall–Kier alpha value is -0.360. The summed E-state index contributed by atoms with van der Waals surface area (Å²) in [4.78, 5) is 0. The van der Waals surface area contributed by atoms with Crippen LogP contribution < -0.4 is 0 Å². The topological polar surface area (TPSA) is 195 Å². The molecule has 0 bridgehead atoms. The van der Waals surface area contributed by atoms with Crippen molar-refractivity contribution in [3.63, 3.8) is 0 Å². The molecule has 0 aromatic heterocycles. The fraction of sp³-hybridized carbons (Fsp3) is 1.00. The van der Waals surface area contributed by atoms with Gasteiger partial charge in [0.05, 0.1) is 23.0 Å². The Morgan fingerprint density at radius 2 is 0.857 bits per heavy atom. The maximum Gasteiger partial charge on any atom is 0.270 e. The first-order chi connectivity index (χ1) is 9.12. The summed E-state index contributed by atoms with van der Waals surface area (Å²) in [5.74, 6) is -4.60. The first-order valence-corrected chi connectivity index (χ1v) is 11.1. The van der Waals surface area contributed by atoms with E-state index in [2.05, 4.69) is 8.37 Å². The van der Waals surface area contributed by atoms with Gasteiger partial charge in [0.1, 0.15) is 0 Å². The molecular formula is C5H12O12S4. The molecule has 0 amide bonds. The van der Waals surface area contributed by atoms with Crippen LogP contribution in [-0.4, -0.2) is 72.6 Å². The van der Waals surface area contributed by atoms with E-state index in [0.717, 1.165) is 0 Å². The van der Waals surface area contributed by atoms with Crippen molar-refractivity contribution < 1.29 is 51.1 Å². The van der Waals surface area contributed by atoms with Crippen molar-refractivity contribution in [1.82, 2.24) is 0 Å². The van der Waals surface area contributed by atoms with E-state index in [-0.39, 0.29) is 0 Å². The minimum absolute atomic E-state index is 1.14. The van der Waals surface area contributed by atoms with Crippen LogP contribution in [0.15, 0.2) is 0 Å². The Labute approximate surface area is 121 Å². The zero-order valence-electron chi connectivity index (χ0n) is 10.1. The molecule has 0 aliphatic rings. The summed E-state index contributed by atoms with van der Waals surface area (Å²) in [6, 6.07) is 0. The molecule has 0 radical (unpaired) electrons. The van der Waals surface area contributed by atoms with Gasteiger partial charge in [0.25, 0.3) is 40.5 Å². The molecule has 0 saturated heterocycles. The van der Waals surface area contributed by atoms with Crippen molar-refractivity contribution in [3.05, 3.63) is 0 Å². The van der Waals surface area contributed by atoms with Crippen LogP contribution in [0.1, 0.15) is 0 Å². The summed E-state index contributed by atoms with van der Waals surface area (Å²) in [6.07, 6.45) is 0. The maximum atomic E-state index is 11.1. The monoisotopic (exact) mass is 392 g/mol. The summed E-state index contributed by atoms with van der Waals surface area (Å²) >= 11 is 0. The molecule has 16 heteroatoms. The van der Waals surface area contributed by atoms with E-state index in [1.54, 1.807) is 0 Å². The van der Waals surface area contributed by atoms with E-state index in [1.807, 2.05) is 0 Å². The van der Waals surface area contributed by atoms with Gasteiger partial charge >= 0.3 is 0 Å². The van der Waals surface area contributed by atoms with Crippen molar-refractivity contribution in [1.29, 1.82) is 0 Å². The zero-order chi connectivity index (χ0) is 16.9. The normalized spacial score (nSPS) is 14.2. The summed E-state index contributed by atoms with van der Waals surface area (Å²) in [5.41, 5.74) is 0. The van der Waals surface area contributed by atoms with Crippen LogP contribution in [-0.2, 0) is 48.8 Å². The molecule has 0 heterocycles. The molecule has 0 aliphatic carbocycles. The Balaban J connectivity index is 4.36. The molecule has 0 aliphatic heterocycles. The average Bonchev–Trinajstić information content (AvgIpc) is 2.22. The van der Waals surface area contributed by atoms with Gasteiger partial charge in [0.2, 0.25) is 0 Å². The van der Waals surface area contributed by atoms with Crippen molar-refractivity contribution in [2.24, 2.45) is 0 Å². The lowest BCUT2D eigenvalue weighted by molar-refractivity contribution is 0.133. The van der Waals surface area contributed by atoms with E-state index >= 15 is 0 Å². The molecule has 21 heavy (non-hydrogen) atoms. The molecule has 2 N–H and O–H groups in total. The smallest absolute Gasteiger partial charge is 0.270 e. The SMILES string of the molecule is O=S(=O)(O)CCS(=O)(=O)OCOS(=O)(=O)CCS(=O)(=O)O. The highest BCUT2D eigenvalue weighted by Gasteiger charge is 2.20.